The third-order valence-corrected chi connectivity index (χ3v) is 5.72. The third kappa shape index (κ3) is 4.12. The molecule has 0 bridgehead atoms. The van der Waals surface area contributed by atoms with Crippen LogP contribution in [0.1, 0.15) is 18.2 Å². The smallest absolute Gasteiger partial charge is 0.240 e. The molecule has 144 valence electrons. The van der Waals surface area contributed by atoms with Gasteiger partial charge in [0.05, 0.1) is 11.5 Å². The number of ether oxygens (including phenoxy) is 1. The minimum atomic E-state index is -3.83. The van der Waals surface area contributed by atoms with E-state index in [1.165, 1.54) is 18.2 Å². The molecule has 8 heteroatoms. The highest BCUT2D eigenvalue weighted by atomic mass is 32.2. The van der Waals surface area contributed by atoms with Crippen LogP contribution >= 0.6 is 0 Å². The van der Waals surface area contributed by atoms with Crippen molar-refractivity contribution >= 4 is 20.9 Å². The van der Waals surface area contributed by atoms with Gasteiger partial charge in [-0.25, -0.2) is 21.9 Å². The van der Waals surface area contributed by atoms with Crippen LogP contribution in [0.5, 0.6) is 5.75 Å². The number of rotatable bonds is 7. The number of halogens is 2. The molecule has 1 heterocycles. The van der Waals surface area contributed by atoms with Crippen LogP contribution in [0.3, 0.4) is 0 Å². The van der Waals surface area contributed by atoms with Gasteiger partial charge in [-0.1, -0.05) is 0 Å². The lowest BCUT2D eigenvalue weighted by atomic mass is 10.1. The fraction of sp³-hybridized carbons (Fsp3) is 0.263. The van der Waals surface area contributed by atoms with Gasteiger partial charge in [-0.15, -0.1) is 0 Å². The van der Waals surface area contributed by atoms with Crippen molar-refractivity contribution in [1.82, 2.24) is 9.71 Å². The number of benzene rings is 2. The Morgan fingerprint density at radius 2 is 1.93 bits per heavy atom. The fourth-order valence-corrected chi connectivity index (χ4v) is 4.03. The van der Waals surface area contributed by atoms with Crippen LogP contribution in [0.25, 0.3) is 10.9 Å². The van der Waals surface area contributed by atoms with Crippen molar-refractivity contribution in [3.63, 3.8) is 0 Å². The molecule has 5 nitrogen and oxygen atoms in total. The second kappa shape index (κ2) is 7.66. The van der Waals surface area contributed by atoms with Crippen LogP contribution in [0.2, 0.25) is 0 Å². The third-order valence-electron chi connectivity index (χ3n) is 4.26. The molecule has 3 rings (SSSR count). The van der Waals surface area contributed by atoms with Gasteiger partial charge in [0.15, 0.2) is 11.6 Å². The minimum absolute atomic E-state index is 0.0750. The summed E-state index contributed by atoms with van der Waals surface area (Å²) in [6, 6.07) is 7.86. The molecule has 0 saturated heterocycles. The molecule has 0 amide bonds. The van der Waals surface area contributed by atoms with Crippen molar-refractivity contribution in [1.29, 1.82) is 0 Å². The molecule has 0 radical (unpaired) electrons. The first-order valence-corrected chi connectivity index (χ1v) is 9.99. The van der Waals surface area contributed by atoms with E-state index in [1.54, 1.807) is 13.0 Å². The van der Waals surface area contributed by atoms with Gasteiger partial charge < -0.3 is 9.72 Å². The summed E-state index contributed by atoms with van der Waals surface area (Å²) in [5.74, 6) is -1.08. The molecule has 0 atom stereocenters. The number of fused-ring (bicyclic) bond motifs is 1. The quantitative estimate of drug-likeness (QED) is 0.642. The Morgan fingerprint density at radius 1 is 1.15 bits per heavy atom. The normalized spacial score (nSPS) is 11.9. The second-order valence-electron chi connectivity index (χ2n) is 6.09. The van der Waals surface area contributed by atoms with Gasteiger partial charge in [-0.05, 0) is 56.2 Å². The second-order valence-corrected chi connectivity index (χ2v) is 7.86. The van der Waals surface area contributed by atoms with E-state index < -0.39 is 15.8 Å². The number of aromatic amines is 1. The maximum absolute atomic E-state index is 13.6. The van der Waals surface area contributed by atoms with Gasteiger partial charge in [0.25, 0.3) is 0 Å². The monoisotopic (exact) mass is 394 g/mol. The Labute approximate surface area is 156 Å². The van der Waals surface area contributed by atoms with Crippen molar-refractivity contribution < 1.29 is 21.9 Å². The lowest BCUT2D eigenvalue weighted by Crippen LogP contribution is -2.26. The lowest BCUT2D eigenvalue weighted by Gasteiger charge is -2.10. The number of sulfonamides is 1. The van der Waals surface area contributed by atoms with Crippen molar-refractivity contribution in [3.05, 3.63) is 59.3 Å². The number of nitrogens with one attached hydrogen (secondary N) is 2. The number of hydrogen-bond acceptors (Lipinski definition) is 3. The van der Waals surface area contributed by atoms with Gasteiger partial charge in [-0.3, -0.25) is 0 Å². The predicted molar refractivity (Wildman–Crippen MR) is 99.5 cm³/mol. The van der Waals surface area contributed by atoms with Gasteiger partial charge in [-0.2, -0.15) is 0 Å². The Hall–Kier alpha value is -2.45. The highest BCUT2D eigenvalue weighted by molar-refractivity contribution is 7.89. The molecule has 2 N–H and O–H groups in total. The highest BCUT2D eigenvalue weighted by Crippen LogP contribution is 2.24. The highest BCUT2D eigenvalue weighted by Gasteiger charge is 2.17. The van der Waals surface area contributed by atoms with E-state index in [0.29, 0.717) is 6.42 Å². The molecule has 0 aliphatic heterocycles. The van der Waals surface area contributed by atoms with E-state index in [1.807, 2.05) is 6.92 Å². The Morgan fingerprint density at radius 3 is 2.67 bits per heavy atom. The van der Waals surface area contributed by atoms with Crippen LogP contribution in [-0.2, 0) is 16.4 Å². The molecule has 3 aromatic rings. The average Bonchev–Trinajstić information content (AvgIpc) is 2.92. The Balaban J connectivity index is 1.76. The number of aryl methyl sites for hydroxylation is 1. The summed E-state index contributed by atoms with van der Waals surface area (Å²) >= 11 is 0. The van der Waals surface area contributed by atoms with Crippen LogP contribution < -0.4 is 9.46 Å². The molecule has 0 unspecified atom stereocenters. The summed E-state index contributed by atoms with van der Waals surface area (Å²) in [7, 11) is -3.83. The van der Waals surface area contributed by atoms with Crippen LogP contribution in [0.4, 0.5) is 8.78 Å². The van der Waals surface area contributed by atoms with Crippen molar-refractivity contribution in [3.8, 4) is 5.75 Å². The number of hydrogen-bond donors (Lipinski definition) is 2. The van der Waals surface area contributed by atoms with E-state index >= 15 is 0 Å². The SMILES string of the molecule is CCOc1cc(S(=O)(=O)NCCc2c(C)[nH]c3ccc(F)cc23)ccc1F. The molecular weight excluding hydrogens is 374 g/mol. The zero-order valence-corrected chi connectivity index (χ0v) is 15.8. The maximum atomic E-state index is 13.6. The first-order chi connectivity index (χ1) is 12.8. The van der Waals surface area contributed by atoms with Crippen LogP contribution in [-0.4, -0.2) is 26.6 Å². The first-order valence-electron chi connectivity index (χ1n) is 8.50. The molecule has 0 aliphatic carbocycles. The summed E-state index contributed by atoms with van der Waals surface area (Å²) in [5.41, 5.74) is 2.50. The number of aromatic nitrogens is 1. The standard InChI is InChI=1S/C19H20F2N2O3S/c1-3-26-19-11-14(5-6-17(19)21)27(24,25)22-9-8-15-12(2)23-18-7-4-13(20)10-16(15)18/h4-7,10-11,22-23H,3,8-9H2,1-2H3. The summed E-state index contributed by atoms with van der Waals surface area (Å²) < 4.78 is 59.7. The molecule has 2 aromatic carbocycles. The van der Waals surface area contributed by atoms with Crippen molar-refractivity contribution in [2.24, 2.45) is 0 Å². The van der Waals surface area contributed by atoms with Crippen molar-refractivity contribution in [2.45, 2.75) is 25.2 Å². The van der Waals surface area contributed by atoms with Crippen LogP contribution in [0, 0.1) is 18.6 Å². The lowest BCUT2D eigenvalue weighted by molar-refractivity contribution is 0.320. The maximum Gasteiger partial charge on any atom is 0.240 e. The summed E-state index contributed by atoms with van der Waals surface area (Å²) in [4.78, 5) is 3.08. The fourth-order valence-electron chi connectivity index (χ4n) is 2.99. The summed E-state index contributed by atoms with van der Waals surface area (Å²) in [6.45, 7) is 3.89. The van der Waals surface area contributed by atoms with E-state index in [-0.39, 0.29) is 29.6 Å². The predicted octanol–water partition coefficient (Wildman–Crippen LogP) is 3.67. The molecule has 0 fully saturated rings. The first kappa shape index (κ1) is 19.3. The van der Waals surface area contributed by atoms with Gasteiger partial charge in [0.2, 0.25) is 10.0 Å². The molecule has 0 spiro atoms. The molecule has 0 aliphatic rings. The van der Waals surface area contributed by atoms with E-state index in [2.05, 4.69) is 9.71 Å². The summed E-state index contributed by atoms with van der Waals surface area (Å²) in [5, 5.41) is 0.729. The van der Waals surface area contributed by atoms with Gasteiger partial charge in [0, 0.05) is 29.2 Å². The van der Waals surface area contributed by atoms with E-state index in [9.17, 15) is 17.2 Å². The largest absolute Gasteiger partial charge is 0.491 e. The van der Waals surface area contributed by atoms with Gasteiger partial charge >= 0.3 is 0 Å². The van der Waals surface area contributed by atoms with Crippen molar-refractivity contribution in [2.75, 3.05) is 13.2 Å². The molecule has 0 saturated carbocycles. The van der Waals surface area contributed by atoms with E-state index in [0.717, 1.165) is 34.3 Å². The topological polar surface area (TPSA) is 71.2 Å². The van der Waals surface area contributed by atoms with Crippen LogP contribution in [0.15, 0.2) is 41.3 Å². The minimum Gasteiger partial charge on any atom is -0.491 e. The Kier molecular flexibility index (Phi) is 5.48. The molecule has 1 aromatic heterocycles. The Bertz CT molecular complexity index is 1080. The molecular formula is C19H20F2N2O3S. The molecule has 27 heavy (non-hydrogen) atoms. The zero-order chi connectivity index (χ0) is 19.6. The number of H-pyrrole nitrogens is 1. The van der Waals surface area contributed by atoms with Gasteiger partial charge in [0.1, 0.15) is 5.82 Å². The van der Waals surface area contributed by atoms with E-state index in [4.69, 9.17) is 4.74 Å². The zero-order valence-electron chi connectivity index (χ0n) is 15.0. The summed E-state index contributed by atoms with van der Waals surface area (Å²) in [6.07, 6.45) is 0.383. The average molecular weight is 394 g/mol.